The van der Waals surface area contributed by atoms with Gasteiger partial charge in [-0.25, -0.2) is 8.42 Å². The predicted octanol–water partition coefficient (Wildman–Crippen LogP) is 4.40. The molecular weight excluding hydrogens is 497 g/mol. The second-order valence-corrected chi connectivity index (χ2v) is 11.0. The number of nitrogens with one attached hydrogen (secondary N) is 1. The zero-order valence-corrected chi connectivity index (χ0v) is 22.3. The fourth-order valence-corrected chi connectivity index (χ4v) is 4.60. The van der Waals surface area contributed by atoms with Crippen LogP contribution in [0.25, 0.3) is 0 Å². The molecule has 0 spiro atoms. The van der Waals surface area contributed by atoms with Gasteiger partial charge in [0, 0.05) is 12.6 Å². The summed E-state index contributed by atoms with van der Waals surface area (Å²) in [5, 5.41) is 3.08. The van der Waals surface area contributed by atoms with Crippen LogP contribution in [0.1, 0.15) is 38.3 Å². The minimum Gasteiger partial charge on any atom is -0.352 e. The molecule has 0 saturated carbocycles. The van der Waals surface area contributed by atoms with Crippen LogP contribution in [0.3, 0.4) is 0 Å². The van der Waals surface area contributed by atoms with Crippen molar-refractivity contribution in [3.05, 3.63) is 63.6 Å². The summed E-state index contributed by atoms with van der Waals surface area (Å²) in [6, 6.07) is 11.2. The van der Waals surface area contributed by atoms with Crippen molar-refractivity contribution in [3.63, 3.8) is 0 Å². The fraction of sp³-hybridized carbons (Fsp3) is 0.417. The first-order valence-corrected chi connectivity index (χ1v) is 13.5. The number of amides is 2. The van der Waals surface area contributed by atoms with Gasteiger partial charge < -0.3 is 10.2 Å². The second-order valence-electron chi connectivity index (χ2n) is 8.28. The predicted molar refractivity (Wildman–Crippen MR) is 138 cm³/mol. The van der Waals surface area contributed by atoms with Crippen LogP contribution in [0.2, 0.25) is 10.0 Å². The Labute approximate surface area is 212 Å². The van der Waals surface area contributed by atoms with Gasteiger partial charge in [0.15, 0.2) is 0 Å². The highest BCUT2D eigenvalue weighted by Crippen LogP contribution is 2.33. The van der Waals surface area contributed by atoms with Crippen LogP contribution in [-0.2, 0) is 26.2 Å². The van der Waals surface area contributed by atoms with Gasteiger partial charge in [0.2, 0.25) is 21.8 Å². The van der Waals surface area contributed by atoms with E-state index < -0.39 is 28.5 Å². The van der Waals surface area contributed by atoms with E-state index in [1.807, 2.05) is 45.0 Å². The van der Waals surface area contributed by atoms with Crippen LogP contribution < -0.4 is 9.62 Å². The number of sulfonamides is 1. The Morgan fingerprint density at radius 2 is 1.71 bits per heavy atom. The average molecular weight is 529 g/mol. The molecule has 10 heteroatoms. The van der Waals surface area contributed by atoms with Crippen molar-refractivity contribution in [1.82, 2.24) is 10.2 Å². The van der Waals surface area contributed by atoms with Crippen LogP contribution in [0, 0.1) is 6.92 Å². The fourth-order valence-electron chi connectivity index (χ4n) is 3.30. The maximum Gasteiger partial charge on any atom is 0.244 e. The molecular formula is C24H31Cl2N3O4S. The van der Waals surface area contributed by atoms with E-state index in [2.05, 4.69) is 5.32 Å². The molecule has 0 aliphatic rings. The van der Waals surface area contributed by atoms with Crippen molar-refractivity contribution in [3.8, 4) is 0 Å². The molecule has 0 bridgehead atoms. The monoisotopic (exact) mass is 527 g/mol. The molecule has 0 aliphatic heterocycles. The Balaban J connectivity index is 2.45. The van der Waals surface area contributed by atoms with Crippen LogP contribution >= 0.6 is 23.2 Å². The molecule has 7 nitrogen and oxygen atoms in total. The van der Waals surface area contributed by atoms with Gasteiger partial charge >= 0.3 is 0 Å². The zero-order chi connectivity index (χ0) is 25.6. The lowest BCUT2D eigenvalue weighted by Gasteiger charge is -2.32. The summed E-state index contributed by atoms with van der Waals surface area (Å²) >= 11 is 12.4. The largest absolute Gasteiger partial charge is 0.352 e. The molecule has 1 N–H and O–H groups in total. The summed E-state index contributed by atoms with van der Waals surface area (Å²) in [4.78, 5) is 27.8. The highest BCUT2D eigenvalue weighted by molar-refractivity contribution is 7.92. The van der Waals surface area contributed by atoms with Gasteiger partial charge in [0.05, 0.1) is 22.0 Å². The first-order valence-electron chi connectivity index (χ1n) is 10.9. The summed E-state index contributed by atoms with van der Waals surface area (Å²) < 4.78 is 26.2. The number of anilines is 1. The quantitative estimate of drug-likeness (QED) is 0.495. The van der Waals surface area contributed by atoms with Gasteiger partial charge in [-0.1, -0.05) is 60.5 Å². The third-order valence-electron chi connectivity index (χ3n) is 5.65. The number of benzene rings is 2. The molecule has 2 atom stereocenters. The summed E-state index contributed by atoms with van der Waals surface area (Å²) in [6.07, 6.45) is 1.72. The molecule has 0 aliphatic carbocycles. The molecule has 2 amide bonds. The molecule has 0 fully saturated rings. The Kier molecular flexibility index (Phi) is 9.79. The Hall–Kier alpha value is -2.29. The minimum absolute atomic E-state index is 0.0235. The van der Waals surface area contributed by atoms with Crippen molar-refractivity contribution >= 4 is 50.7 Å². The third-order valence-corrected chi connectivity index (χ3v) is 7.58. The highest BCUT2D eigenvalue weighted by atomic mass is 35.5. The molecule has 2 rings (SSSR count). The Morgan fingerprint density at radius 1 is 1.06 bits per heavy atom. The van der Waals surface area contributed by atoms with Crippen molar-refractivity contribution in [1.29, 1.82) is 0 Å². The van der Waals surface area contributed by atoms with Crippen LogP contribution in [0.15, 0.2) is 42.5 Å². The number of hydrogen-bond donors (Lipinski definition) is 1. The Morgan fingerprint density at radius 3 is 2.29 bits per heavy atom. The third kappa shape index (κ3) is 7.10. The van der Waals surface area contributed by atoms with Crippen LogP contribution in [0.4, 0.5) is 5.69 Å². The van der Waals surface area contributed by atoms with E-state index in [4.69, 9.17) is 23.2 Å². The number of carbonyl (C=O) groups excluding carboxylic acids is 2. The topological polar surface area (TPSA) is 86.8 Å². The molecule has 34 heavy (non-hydrogen) atoms. The normalized spacial score (nSPS) is 13.1. The Bertz CT molecular complexity index is 1140. The van der Waals surface area contributed by atoms with Gasteiger partial charge in [0.25, 0.3) is 0 Å². The molecule has 2 aromatic rings. The number of hydrogen-bond acceptors (Lipinski definition) is 4. The highest BCUT2D eigenvalue weighted by Gasteiger charge is 2.31. The van der Waals surface area contributed by atoms with Crippen molar-refractivity contribution in [2.24, 2.45) is 0 Å². The molecule has 2 aromatic carbocycles. The summed E-state index contributed by atoms with van der Waals surface area (Å²) in [7, 11) is -3.89. The number of nitrogens with zero attached hydrogens (tertiary/aromatic N) is 2. The summed E-state index contributed by atoms with van der Waals surface area (Å²) in [5.74, 6) is -0.862. The molecule has 0 aromatic heterocycles. The van der Waals surface area contributed by atoms with Crippen LogP contribution in [0.5, 0.6) is 0 Å². The smallest absolute Gasteiger partial charge is 0.244 e. The van der Waals surface area contributed by atoms with E-state index in [9.17, 15) is 18.0 Å². The number of aryl methyl sites for hydroxylation is 1. The van der Waals surface area contributed by atoms with Gasteiger partial charge in [0.1, 0.15) is 12.6 Å². The van der Waals surface area contributed by atoms with E-state index in [-0.39, 0.29) is 34.2 Å². The minimum atomic E-state index is -3.89. The number of rotatable bonds is 10. The maximum atomic E-state index is 13.6. The molecule has 0 unspecified atom stereocenters. The van der Waals surface area contributed by atoms with E-state index >= 15 is 0 Å². The number of carbonyl (C=O) groups is 2. The van der Waals surface area contributed by atoms with Gasteiger partial charge in [-0.05, 0) is 50.5 Å². The van der Waals surface area contributed by atoms with E-state index in [1.165, 1.54) is 17.0 Å². The van der Waals surface area contributed by atoms with Gasteiger partial charge in [-0.3, -0.25) is 13.9 Å². The van der Waals surface area contributed by atoms with Crippen molar-refractivity contribution < 1.29 is 18.0 Å². The first-order chi connectivity index (χ1) is 15.9. The lowest BCUT2D eigenvalue weighted by atomic mass is 10.1. The maximum absolute atomic E-state index is 13.6. The second kappa shape index (κ2) is 11.9. The summed E-state index contributed by atoms with van der Waals surface area (Å²) in [6.45, 7) is 6.98. The lowest BCUT2D eigenvalue weighted by Crippen LogP contribution is -2.52. The van der Waals surface area contributed by atoms with Gasteiger partial charge in [-0.2, -0.15) is 0 Å². The zero-order valence-electron chi connectivity index (χ0n) is 20.0. The van der Waals surface area contributed by atoms with Gasteiger partial charge in [-0.15, -0.1) is 0 Å². The molecule has 0 radical (unpaired) electrons. The van der Waals surface area contributed by atoms with Crippen molar-refractivity contribution in [2.45, 2.75) is 52.7 Å². The molecule has 0 saturated heterocycles. The molecule has 186 valence electrons. The average Bonchev–Trinajstić information content (AvgIpc) is 2.77. The van der Waals surface area contributed by atoms with E-state index in [0.29, 0.717) is 0 Å². The first kappa shape index (κ1) is 28.0. The number of halogens is 2. The molecule has 0 heterocycles. The van der Waals surface area contributed by atoms with E-state index in [1.54, 1.807) is 13.0 Å². The SMILES string of the molecule is CC[C@@H](C)NC(=O)[C@H](C)N(Cc1ccccc1C)C(=O)CN(c1cccc(Cl)c1Cl)S(C)(=O)=O. The summed E-state index contributed by atoms with van der Waals surface area (Å²) in [5.41, 5.74) is 1.90. The lowest BCUT2D eigenvalue weighted by molar-refractivity contribution is -0.139. The van der Waals surface area contributed by atoms with Crippen LogP contribution in [-0.4, -0.2) is 50.0 Å². The van der Waals surface area contributed by atoms with E-state index in [0.717, 1.165) is 28.1 Å². The van der Waals surface area contributed by atoms with Crippen molar-refractivity contribution in [2.75, 3.05) is 17.1 Å². The standard InChI is InChI=1S/C24H31Cl2N3O4S/c1-6-17(3)27-24(31)18(4)28(14-19-11-8-7-10-16(19)2)22(30)15-29(34(5,32)33)21-13-9-12-20(25)23(21)26/h7-13,17-18H,6,14-15H2,1-5H3,(H,27,31)/t17-,18+/m1/s1.